The third-order valence-corrected chi connectivity index (χ3v) is 2.37. The highest BCUT2D eigenvalue weighted by Gasteiger charge is 2.19. The fourth-order valence-corrected chi connectivity index (χ4v) is 1.40. The molecule has 0 saturated heterocycles. The van der Waals surface area contributed by atoms with E-state index in [4.69, 9.17) is 5.11 Å². The number of hydrogen-bond donors (Lipinski definition) is 2. The Morgan fingerprint density at radius 3 is 2.27 bits per heavy atom. The standard InChI is InChI=1S/C13H18O2/c1-10(2)12-6-4-11(5-7-12)8-13(3,15)9-14/h4-7,14-15H,1,8-9H2,2-3H3. The summed E-state index contributed by atoms with van der Waals surface area (Å²) in [6.45, 7) is 7.21. The summed E-state index contributed by atoms with van der Waals surface area (Å²) >= 11 is 0. The van der Waals surface area contributed by atoms with Crippen molar-refractivity contribution >= 4 is 5.57 Å². The first-order valence-corrected chi connectivity index (χ1v) is 5.03. The average molecular weight is 206 g/mol. The number of aliphatic hydroxyl groups is 2. The maximum atomic E-state index is 9.69. The number of hydrogen-bond acceptors (Lipinski definition) is 2. The number of rotatable bonds is 4. The third-order valence-electron chi connectivity index (χ3n) is 2.37. The Hall–Kier alpha value is -1.12. The Labute approximate surface area is 90.9 Å². The summed E-state index contributed by atoms with van der Waals surface area (Å²) in [5.74, 6) is 0. The van der Waals surface area contributed by atoms with Gasteiger partial charge in [0.25, 0.3) is 0 Å². The lowest BCUT2D eigenvalue weighted by Gasteiger charge is -2.20. The van der Waals surface area contributed by atoms with Crippen LogP contribution >= 0.6 is 0 Å². The molecule has 0 aliphatic rings. The van der Waals surface area contributed by atoms with Gasteiger partial charge in [-0.15, -0.1) is 0 Å². The molecule has 15 heavy (non-hydrogen) atoms. The zero-order valence-electron chi connectivity index (χ0n) is 9.33. The van der Waals surface area contributed by atoms with Crippen molar-refractivity contribution in [2.45, 2.75) is 25.9 Å². The van der Waals surface area contributed by atoms with Crippen molar-refractivity contribution < 1.29 is 10.2 Å². The molecule has 82 valence electrons. The molecule has 0 bridgehead atoms. The molecule has 0 spiro atoms. The van der Waals surface area contributed by atoms with Crippen LogP contribution in [-0.2, 0) is 6.42 Å². The van der Waals surface area contributed by atoms with Crippen molar-refractivity contribution in [2.75, 3.05) is 6.61 Å². The topological polar surface area (TPSA) is 40.5 Å². The van der Waals surface area contributed by atoms with Gasteiger partial charge in [0.05, 0.1) is 12.2 Å². The molecule has 0 saturated carbocycles. The lowest BCUT2D eigenvalue weighted by Crippen LogP contribution is -2.31. The van der Waals surface area contributed by atoms with E-state index in [9.17, 15) is 5.11 Å². The molecule has 2 heteroatoms. The van der Waals surface area contributed by atoms with Crippen molar-refractivity contribution in [2.24, 2.45) is 0 Å². The first kappa shape index (κ1) is 12.0. The lowest BCUT2D eigenvalue weighted by atomic mass is 9.96. The van der Waals surface area contributed by atoms with Gasteiger partial charge in [-0.1, -0.05) is 36.4 Å². The number of benzene rings is 1. The molecule has 1 unspecified atom stereocenters. The Morgan fingerprint density at radius 2 is 1.87 bits per heavy atom. The third kappa shape index (κ3) is 3.50. The summed E-state index contributed by atoms with van der Waals surface area (Å²) in [5, 5.41) is 18.6. The predicted octanol–water partition coefficient (Wildman–Crippen LogP) is 2.01. The SMILES string of the molecule is C=C(C)c1ccc(CC(C)(O)CO)cc1. The van der Waals surface area contributed by atoms with E-state index >= 15 is 0 Å². The van der Waals surface area contributed by atoms with E-state index in [-0.39, 0.29) is 6.61 Å². The van der Waals surface area contributed by atoms with E-state index in [2.05, 4.69) is 6.58 Å². The van der Waals surface area contributed by atoms with Gasteiger partial charge in [0.2, 0.25) is 0 Å². The van der Waals surface area contributed by atoms with Crippen LogP contribution in [0.25, 0.3) is 5.57 Å². The minimum Gasteiger partial charge on any atom is -0.393 e. The Morgan fingerprint density at radius 1 is 1.33 bits per heavy atom. The average Bonchev–Trinajstić information content (AvgIpc) is 2.18. The molecule has 2 nitrogen and oxygen atoms in total. The van der Waals surface area contributed by atoms with Gasteiger partial charge in [-0.3, -0.25) is 0 Å². The van der Waals surface area contributed by atoms with Gasteiger partial charge in [-0.2, -0.15) is 0 Å². The molecule has 0 aliphatic carbocycles. The van der Waals surface area contributed by atoms with Gasteiger partial charge >= 0.3 is 0 Å². The highest BCUT2D eigenvalue weighted by Crippen LogP contribution is 2.16. The molecule has 0 amide bonds. The monoisotopic (exact) mass is 206 g/mol. The Balaban J connectivity index is 2.77. The van der Waals surface area contributed by atoms with E-state index in [1.807, 2.05) is 31.2 Å². The largest absolute Gasteiger partial charge is 0.393 e. The van der Waals surface area contributed by atoms with Crippen LogP contribution in [0.4, 0.5) is 0 Å². The van der Waals surface area contributed by atoms with Gasteiger partial charge in [0, 0.05) is 6.42 Å². The molecule has 0 radical (unpaired) electrons. The van der Waals surface area contributed by atoms with Gasteiger partial charge in [0.1, 0.15) is 0 Å². The molecule has 0 heterocycles. The van der Waals surface area contributed by atoms with Crippen molar-refractivity contribution in [3.63, 3.8) is 0 Å². The van der Waals surface area contributed by atoms with Gasteiger partial charge in [0.15, 0.2) is 0 Å². The maximum Gasteiger partial charge on any atom is 0.0889 e. The predicted molar refractivity (Wildman–Crippen MR) is 62.6 cm³/mol. The zero-order chi connectivity index (χ0) is 11.5. The first-order chi connectivity index (χ1) is 6.94. The molecular weight excluding hydrogens is 188 g/mol. The smallest absolute Gasteiger partial charge is 0.0889 e. The van der Waals surface area contributed by atoms with Crippen LogP contribution in [0, 0.1) is 0 Å². The van der Waals surface area contributed by atoms with Gasteiger partial charge < -0.3 is 10.2 Å². The first-order valence-electron chi connectivity index (χ1n) is 5.03. The second-order valence-corrected chi connectivity index (χ2v) is 4.31. The quantitative estimate of drug-likeness (QED) is 0.791. The second-order valence-electron chi connectivity index (χ2n) is 4.31. The molecule has 1 atom stereocenters. The van der Waals surface area contributed by atoms with Crippen LogP contribution in [-0.4, -0.2) is 22.4 Å². The minimum atomic E-state index is -1.04. The molecule has 2 N–H and O–H groups in total. The number of aliphatic hydroxyl groups excluding tert-OH is 1. The van der Waals surface area contributed by atoms with E-state index in [1.54, 1.807) is 6.92 Å². The van der Waals surface area contributed by atoms with Crippen LogP contribution in [0.3, 0.4) is 0 Å². The summed E-state index contributed by atoms with van der Waals surface area (Å²) in [6.07, 6.45) is 0.458. The molecular formula is C13H18O2. The molecule has 0 fully saturated rings. The second kappa shape index (κ2) is 4.60. The van der Waals surface area contributed by atoms with Crippen molar-refractivity contribution in [1.82, 2.24) is 0 Å². The van der Waals surface area contributed by atoms with E-state index in [0.29, 0.717) is 6.42 Å². The maximum absolute atomic E-state index is 9.69. The zero-order valence-corrected chi connectivity index (χ0v) is 9.33. The van der Waals surface area contributed by atoms with Crippen LogP contribution in [0.1, 0.15) is 25.0 Å². The van der Waals surface area contributed by atoms with E-state index < -0.39 is 5.60 Å². The molecule has 0 aromatic heterocycles. The van der Waals surface area contributed by atoms with Crippen LogP contribution in [0.2, 0.25) is 0 Å². The fourth-order valence-electron chi connectivity index (χ4n) is 1.40. The molecule has 1 aromatic rings. The fraction of sp³-hybridized carbons (Fsp3) is 0.385. The molecule has 0 aliphatic heterocycles. The highest BCUT2D eigenvalue weighted by molar-refractivity contribution is 5.61. The van der Waals surface area contributed by atoms with Crippen molar-refractivity contribution in [1.29, 1.82) is 0 Å². The summed E-state index contributed by atoms with van der Waals surface area (Å²) < 4.78 is 0. The van der Waals surface area contributed by atoms with Gasteiger partial charge in [-0.25, -0.2) is 0 Å². The number of allylic oxidation sites excluding steroid dienone is 1. The summed E-state index contributed by atoms with van der Waals surface area (Å²) in [5.41, 5.74) is 2.10. The van der Waals surface area contributed by atoms with Crippen molar-refractivity contribution in [3.05, 3.63) is 42.0 Å². The molecule has 1 rings (SSSR count). The molecule has 1 aromatic carbocycles. The van der Waals surface area contributed by atoms with E-state index in [1.165, 1.54) is 0 Å². The normalized spacial score (nSPS) is 14.7. The summed E-state index contributed by atoms with van der Waals surface area (Å²) in [7, 11) is 0. The van der Waals surface area contributed by atoms with Crippen LogP contribution < -0.4 is 0 Å². The Kier molecular flexibility index (Phi) is 3.66. The van der Waals surface area contributed by atoms with E-state index in [0.717, 1.165) is 16.7 Å². The minimum absolute atomic E-state index is 0.227. The van der Waals surface area contributed by atoms with Crippen molar-refractivity contribution in [3.8, 4) is 0 Å². The Bertz CT molecular complexity index is 336. The van der Waals surface area contributed by atoms with Crippen LogP contribution in [0.15, 0.2) is 30.8 Å². The lowest BCUT2D eigenvalue weighted by molar-refractivity contribution is 0.00232. The van der Waals surface area contributed by atoms with Crippen LogP contribution in [0.5, 0.6) is 0 Å². The highest BCUT2D eigenvalue weighted by atomic mass is 16.3. The van der Waals surface area contributed by atoms with Gasteiger partial charge in [-0.05, 0) is 25.0 Å². The summed E-state index contributed by atoms with van der Waals surface area (Å²) in [6, 6.07) is 7.86. The summed E-state index contributed by atoms with van der Waals surface area (Å²) in [4.78, 5) is 0.